The quantitative estimate of drug-likeness (QED) is 0.595. The fourth-order valence-electron chi connectivity index (χ4n) is 3.46. The van der Waals surface area contributed by atoms with Crippen LogP contribution in [-0.2, 0) is 0 Å². The molecule has 0 radical (unpaired) electrons. The van der Waals surface area contributed by atoms with Crippen LogP contribution in [0.3, 0.4) is 0 Å². The van der Waals surface area contributed by atoms with Gasteiger partial charge in [0.25, 0.3) is 0 Å². The minimum absolute atomic E-state index is 0.564. The van der Waals surface area contributed by atoms with E-state index in [0.717, 1.165) is 23.7 Å². The lowest BCUT2D eigenvalue weighted by Crippen LogP contribution is -2.25. The van der Waals surface area contributed by atoms with Gasteiger partial charge in [-0.25, -0.2) is 0 Å². The van der Waals surface area contributed by atoms with Crippen LogP contribution in [0, 0.1) is 29.1 Å². The normalized spacial score (nSPS) is 43.8. The van der Waals surface area contributed by atoms with Crippen LogP contribution in [0.1, 0.15) is 54.4 Å². The van der Waals surface area contributed by atoms with Crippen LogP contribution in [0.2, 0.25) is 0 Å². The van der Waals surface area contributed by atoms with Gasteiger partial charge in [-0.15, -0.1) is 0 Å². The van der Waals surface area contributed by atoms with Gasteiger partial charge in [0.1, 0.15) is 0 Å². The maximum absolute atomic E-state index is 2.47. The van der Waals surface area contributed by atoms with Gasteiger partial charge in [-0.3, -0.25) is 0 Å². The molecule has 0 aromatic carbocycles. The fourth-order valence-corrected chi connectivity index (χ4v) is 3.46. The van der Waals surface area contributed by atoms with Gasteiger partial charge in [0, 0.05) is 0 Å². The van der Waals surface area contributed by atoms with Gasteiger partial charge in [-0.2, -0.15) is 0 Å². The summed E-state index contributed by atoms with van der Waals surface area (Å²) in [4.78, 5) is 0. The van der Waals surface area contributed by atoms with Crippen molar-refractivity contribution in [3.05, 3.63) is 0 Å². The molecule has 0 amide bonds. The Balaban J connectivity index is 2.82. The molecule has 0 spiro atoms. The van der Waals surface area contributed by atoms with Crippen LogP contribution in [0.15, 0.2) is 0 Å². The Morgan fingerprint density at radius 2 is 1.54 bits per heavy atom. The molecule has 1 rings (SSSR count). The van der Waals surface area contributed by atoms with E-state index in [9.17, 15) is 0 Å². The molecule has 1 aliphatic carbocycles. The SMILES string of the molecule is CCCC1C(C)C(C)C(C)C1(C)C. The third-order valence-corrected chi connectivity index (χ3v) is 4.98. The highest BCUT2D eigenvalue weighted by molar-refractivity contribution is 4.96. The third-order valence-electron chi connectivity index (χ3n) is 4.98. The van der Waals surface area contributed by atoms with Gasteiger partial charge >= 0.3 is 0 Å². The second-order valence-corrected chi connectivity index (χ2v) is 5.72. The molecule has 1 saturated carbocycles. The van der Waals surface area contributed by atoms with Crippen molar-refractivity contribution in [3.63, 3.8) is 0 Å². The summed E-state index contributed by atoms with van der Waals surface area (Å²) < 4.78 is 0. The molecule has 4 unspecified atom stereocenters. The summed E-state index contributed by atoms with van der Waals surface area (Å²) in [7, 11) is 0. The van der Waals surface area contributed by atoms with E-state index in [1.54, 1.807) is 0 Å². The highest BCUT2D eigenvalue weighted by Gasteiger charge is 2.48. The van der Waals surface area contributed by atoms with E-state index < -0.39 is 0 Å². The van der Waals surface area contributed by atoms with Crippen molar-refractivity contribution in [1.29, 1.82) is 0 Å². The Morgan fingerprint density at radius 1 is 1.00 bits per heavy atom. The van der Waals surface area contributed by atoms with Crippen LogP contribution in [0.25, 0.3) is 0 Å². The molecule has 0 saturated heterocycles. The molecule has 0 aliphatic heterocycles. The van der Waals surface area contributed by atoms with Crippen LogP contribution in [0.5, 0.6) is 0 Å². The first-order valence-electron chi connectivity index (χ1n) is 5.92. The first-order valence-corrected chi connectivity index (χ1v) is 5.92. The molecule has 1 fully saturated rings. The average Bonchev–Trinajstić information content (AvgIpc) is 2.20. The van der Waals surface area contributed by atoms with E-state index >= 15 is 0 Å². The predicted molar refractivity (Wildman–Crippen MR) is 59.7 cm³/mol. The fraction of sp³-hybridized carbons (Fsp3) is 1.00. The van der Waals surface area contributed by atoms with Crippen LogP contribution < -0.4 is 0 Å². The van der Waals surface area contributed by atoms with Crippen molar-refractivity contribution in [2.75, 3.05) is 0 Å². The van der Waals surface area contributed by atoms with Crippen LogP contribution in [0.4, 0.5) is 0 Å². The minimum atomic E-state index is 0.564. The summed E-state index contributed by atoms with van der Waals surface area (Å²) in [6, 6.07) is 0. The van der Waals surface area contributed by atoms with Crippen molar-refractivity contribution in [1.82, 2.24) is 0 Å². The second kappa shape index (κ2) is 3.63. The van der Waals surface area contributed by atoms with Crippen LogP contribution >= 0.6 is 0 Å². The molecule has 0 nitrogen and oxygen atoms in total. The van der Waals surface area contributed by atoms with Crippen LogP contribution in [-0.4, -0.2) is 0 Å². The summed E-state index contributed by atoms with van der Waals surface area (Å²) in [6.07, 6.45) is 2.76. The minimum Gasteiger partial charge on any atom is -0.0654 e. The summed E-state index contributed by atoms with van der Waals surface area (Å²) in [5.41, 5.74) is 0.564. The smallest absolute Gasteiger partial charge is 0.0295 e. The highest BCUT2D eigenvalue weighted by Crippen LogP contribution is 2.55. The zero-order chi connectivity index (χ0) is 10.2. The number of hydrogen-bond acceptors (Lipinski definition) is 0. The Bertz CT molecular complexity index is 169. The first kappa shape index (κ1) is 11.1. The molecule has 0 aromatic heterocycles. The zero-order valence-electron chi connectivity index (χ0n) is 10.2. The third kappa shape index (κ3) is 1.65. The molecule has 78 valence electrons. The molecular formula is C13H26. The van der Waals surface area contributed by atoms with Crippen molar-refractivity contribution in [3.8, 4) is 0 Å². The lowest BCUT2D eigenvalue weighted by atomic mass is 9.73. The Labute approximate surface area is 84.1 Å². The zero-order valence-corrected chi connectivity index (χ0v) is 10.2. The summed E-state index contributed by atoms with van der Waals surface area (Å²) in [5.74, 6) is 3.66. The largest absolute Gasteiger partial charge is 0.0654 e. The van der Waals surface area contributed by atoms with Gasteiger partial charge < -0.3 is 0 Å². The molecule has 0 heteroatoms. The molecule has 0 bridgehead atoms. The maximum Gasteiger partial charge on any atom is -0.0295 e. The van der Waals surface area contributed by atoms with Gasteiger partial charge in [-0.05, 0) is 35.5 Å². The van der Waals surface area contributed by atoms with Gasteiger partial charge in [0.05, 0.1) is 0 Å². The van der Waals surface area contributed by atoms with Crippen molar-refractivity contribution in [2.24, 2.45) is 29.1 Å². The van der Waals surface area contributed by atoms with E-state index in [4.69, 9.17) is 0 Å². The van der Waals surface area contributed by atoms with E-state index in [1.807, 2.05) is 0 Å². The first-order chi connectivity index (χ1) is 5.92. The number of hydrogen-bond donors (Lipinski definition) is 0. The predicted octanol–water partition coefficient (Wildman–Crippen LogP) is 4.35. The summed E-state index contributed by atoms with van der Waals surface area (Å²) in [5, 5.41) is 0. The van der Waals surface area contributed by atoms with Crippen molar-refractivity contribution >= 4 is 0 Å². The molecule has 0 aromatic rings. The number of rotatable bonds is 2. The summed E-state index contributed by atoms with van der Waals surface area (Å²) >= 11 is 0. The highest BCUT2D eigenvalue weighted by atomic mass is 14.5. The molecular weight excluding hydrogens is 156 g/mol. The van der Waals surface area contributed by atoms with E-state index in [-0.39, 0.29) is 0 Å². The van der Waals surface area contributed by atoms with Crippen molar-refractivity contribution in [2.45, 2.75) is 54.4 Å². The Morgan fingerprint density at radius 3 is 1.85 bits per heavy atom. The Hall–Kier alpha value is 0. The van der Waals surface area contributed by atoms with Gasteiger partial charge in [0.15, 0.2) is 0 Å². The molecule has 1 aliphatic rings. The second-order valence-electron chi connectivity index (χ2n) is 5.72. The Kier molecular flexibility index (Phi) is 3.09. The molecule has 13 heavy (non-hydrogen) atoms. The average molecular weight is 182 g/mol. The van der Waals surface area contributed by atoms with Gasteiger partial charge in [-0.1, -0.05) is 48.0 Å². The molecule has 0 N–H and O–H groups in total. The topological polar surface area (TPSA) is 0 Å². The van der Waals surface area contributed by atoms with E-state index in [2.05, 4.69) is 41.5 Å². The standard InChI is InChI=1S/C13H26/c1-7-8-12-10(3)9(2)11(4)13(12,5)6/h9-12H,7-8H2,1-6H3. The van der Waals surface area contributed by atoms with E-state index in [0.29, 0.717) is 5.41 Å². The lowest BCUT2D eigenvalue weighted by molar-refractivity contribution is 0.168. The molecule has 4 atom stereocenters. The van der Waals surface area contributed by atoms with E-state index in [1.165, 1.54) is 12.8 Å². The lowest BCUT2D eigenvalue weighted by Gasteiger charge is -2.32. The van der Waals surface area contributed by atoms with Crippen molar-refractivity contribution < 1.29 is 0 Å². The molecule has 0 heterocycles. The van der Waals surface area contributed by atoms with Gasteiger partial charge in [0.2, 0.25) is 0 Å². The summed E-state index contributed by atoms with van der Waals surface area (Å²) in [6.45, 7) is 14.6. The monoisotopic (exact) mass is 182 g/mol. The maximum atomic E-state index is 2.47.